The molecule has 2 aromatic rings. The SMILES string of the molecule is Cc1nc(C2CCC(N3C[C@H](CC(=O)O)OC[C@@H]3Cc3ccc(Cl)cc3)CC2)sc1C.Cl. The highest BCUT2D eigenvalue weighted by Gasteiger charge is 2.37. The summed E-state index contributed by atoms with van der Waals surface area (Å²) in [5.41, 5.74) is 2.40. The van der Waals surface area contributed by atoms with Crippen molar-refractivity contribution in [1.82, 2.24) is 9.88 Å². The maximum atomic E-state index is 11.3. The average molecular weight is 500 g/mol. The van der Waals surface area contributed by atoms with Crippen LogP contribution in [0.2, 0.25) is 5.02 Å². The third-order valence-corrected chi connectivity index (χ3v) is 8.24. The van der Waals surface area contributed by atoms with Gasteiger partial charge in [0.25, 0.3) is 0 Å². The van der Waals surface area contributed by atoms with Crippen molar-refractivity contribution in [3.8, 4) is 0 Å². The molecular weight excluding hydrogens is 467 g/mol. The minimum absolute atomic E-state index is 0. The first-order valence-corrected chi connectivity index (χ1v) is 12.4. The van der Waals surface area contributed by atoms with Gasteiger partial charge in [0.1, 0.15) is 0 Å². The highest BCUT2D eigenvalue weighted by Crippen LogP contribution is 2.38. The first-order valence-electron chi connectivity index (χ1n) is 11.2. The zero-order valence-electron chi connectivity index (χ0n) is 18.6. The van der Waals surface area contributed by atoms with Crippen molar-refractivity contribution in [1.29, 1.82) is 0 Å². The van der Waals surface area contributed by atoms with Gasteiger partial charge in [0.05, 0.1) is 29.8 Å². The van der Waals surface area contributed by atoms with E-state index >= 15 is 0 Å². The zero-order valence-corrected chi connectivity index (χ0v) is 21.0. The molecule has 1 aromatic carbocycles. The number of carboxylic acid groups (broad SMARTS) is 1. The number of hydrogen-bond donors (Lipinski definition) is 1. The van der Waals surface area contributed by atoms with Gasteiger partial charge in [-0.2, -0.15) is 0 Å². The molecule has 0 unspecified atom stereocenters. The summed E-state index contributed by atoms with van der Waals surface area (Å²) in [6.45, 7) is 5.51. The van der Waals surface area contributed by atoms with E-state index in [0.29, 0.717) is 25.1 Å². The largest absolute Gasteiger partial charge is 0.481 e. The maximum Gasteiger partial charge on any atom is 0.306 e. The van der Waals surface area contributed by atoms with E-state index in [9.17, 15) is 9.90 Å². The molecule has 0 radical (unpaired) electrons. The second kappa shape index (κ2) is 11.3. The van der Waals surface area contributed by atoms with Crippen molar-refractivity contribution < 1.29 is 14.6 Å². The third-order valence-electron chi connectivity index (χ3n) is 6.75. The Hall–Kier alpha value is -1.18. The number of halogens is 2. The van der Waals surface area contributed by atoms with Crippen molar-refractivity contribution in [3.63, 3.8) is 0 Å². The number of thiazole rings is 1. The van der Waals surface area contributed by atoms with Gasteiger partial charge in [-0.3, -0.25) is 9.69 Å². The Morgan fingerprint density at radius 2 is 1.91 bits per heavy atom. The van der Waals surface area contributed by atoms with Crippen LogP contribution in [-0.4, -0.2) is 52.3 Å². The smallest absolute Gasteiger partial charge is 0.306 e. The Kier molecular flexibility index (Phi) is 8.98. The number of carbonyl (C=O) groups is 1. The molecule has 4 rings (SSSR count). The molecule has 0 bridgehead atoms. The Morgan fingerprint density at radius 1 is 1.22 bits per heavy atom. The summed E-state index contributed by atoms with van der Waals surface area (Å²) >= 11 is 7.90. The highest BCUT2D eigenvalue weighted by atomic mass is 35.5. The van der Waals surface area contributed by atoms with Crippen LogP contribution in [0, 0.1) is 13.8 Å². The molecule has 1 aliphatic carbocycles. The Balaban J connectivity index is 0.00000289. The minimum Gasteiger partial charge on any atom is -0.481 e. The number of nitrogens with zero attached hydrogens (tertiary/aromatic N) is 2. The first kappa shape index (κ1) is 25.4. The molecule has 2 aliphatic rings. The first-order chi connectivity index (χ1) is 14.9. The van der Waals surface area contributed by atoms with Crippen molar-refractivity contribution in [2.24, 2.45) is 0 Å². The molecular formula is C24H32Cl2N2O3S. The van der Waals surface area contributed by atoms with Crippen LogP contribution in [0.5, 0.6) is 0 Å². The van der Waals surface area contributed by atoms with E-state index in [1.54, 1.807) is 0 Å². The average Bonchev–Trinajstić information content (AvgIpc) is 3.09. The summed E-state index contributed by atoms with van der Waals surface area (Å²) in [5, 5.41) is 11.3. The Morgan fingerprint density at radius 3 is 2.50 bits per heavy atom. The molecule has 1 saturated carbocycles. The van der Waals surface area contributed by atoms with E-state index in [-0.39, 0.29) is 31.0 Å². The molecule has 8 heteroatoms. The van der Waals surface area contributed by atoms with Crippen LogP contribution in [0.1, 0.15) is 59.2 Å². The van der Waals surface area contributed by atoms with Crippen LogP contribution in [0.3, 0.4) is 0 Å². The molecule has 1 aromatic heterocycles. The number of aromatic nitrogens is 1. The maximum absolute atomic E-state index is 11.3. The number of ether oxygens (including phenoxy) is 1. The summed E-state index contributed by atoms with van der Waals surface area (Å²) in [6.07, 6.45) is 5.26. The zero-order chi connectivity index (χ0) is 22.0. The Labute approximate surface area is 205 Å². The van der Waals surface area contributed by atoms with Gasteiger partial charge in [-0.25, -0.2) is 4.98 Å². The fourth-order valence-electron chi connectivity index (χ4n) is 4.94. The van der Waals surface area contributed by atoms with E-state index in [1.165, 1.54) is 15.4 Å². The number of aryl methyl sites for hydroxylation is 2. The summed E-state index contributed by atoms with van der Waals surface area (Å²) in [6, 6.07) is 8.75. The lowest BCUT2D eigenvalue weighted by Crippen LogP contribution is -2.55. The Bertz CT molecular complexity index is 878. The fourth-order valence-corrected chi connectivity index (χ4v) is 6.16. The van der Waals surface area contributed by atoms with Gasteiger partial charge in [-0.05, 0) is 63.6 Å². The molecule has 1 saturated heterocycles. The van der Waals surface area contributed by atoms with E-state index < -0.39 is 5.97 Å². The standard InChI is InChI=1S/C24H31ClN2O3S.ClH/c1-15-16(2)31-24(26-15)18-5-9-20(10-6-18)27-13-22(12-23(28)29)30-14-21(27)11-17-3-7-19(25)8-4-17;/h3-4,7-8,18,20-22H,5-6,9-14H2,1-2H3,(H,28,29);1H/t18?,20?,21-,22-;/m0./s1. The molecule has 2 fully saturated rings. The molecule has 0 spiro atoms. The van der Waals surface area contributed by atoms with Gasteiger partial charge in [0, 0.05) is 34.4 Å². The van der Waals surface area contributed by atoms with Crippen LogP contribution < -0.4 is 0 Å². The topological polar surface area (TPSA) is 62.7 Å². The number of morpholine rings is 1. The second-order valence-corrected chi connectivity index (χ2v) is 10.6. The molecule has 1 aliphatic heterocycles. The normalized spacial score (nSPS) is 26.5. The van der Waals surface area contributed by atoms with Crippen molar-refractivity contribution in [3.05, 3.63) is 50.4 Å². The van der Waals surface area contributed by atoms with Gasteiger partial charge >= 0.3 is 5.97 Å². The second-order valence-electron chi connectivity index (χ2n) is 8.93. The lowest BCUT2D eigenvalue weighted by atomic mass is 9.84. The molecule has 1 N–H and O–H groups in total. The number of carboxylic acids is 1. The van der Waals surface area contributed by atoms with Gasteiger partial charge in [-0.1, -0.05) is 23.7 Å². The molecule has 5 nitrogen and oxygen atoms in total. The van der Waals surface area contributed by atoms with Crippen molar-refractivity contribution in [2.75, 3.05) is 13.2 Å². The lowest BCUT2D eigenvalue weighted by Gasteiger charge is -2.46. The molecule has 32 heavy (non-hydrogen) atoms. The molecule has 2 heterocycles. The number of aliphatic carboxylic acids is 1. The number of rotatable bonds is 6. The predicted octanol–water partition coefficient (Wildman–Crippen LogP) is 5.65. The van der Waals surface area contributed by atoms with Crippen LogP contribution in [-0.2, 0) is 16.0 Å². The van der Waals surface area contributed by atoms with Gasteiger partial charge in [0.15, 0.2) is 0 Å². The summed E-state index contributed by atoms with van der Waals surface area (Å²) in [4.78, 5) is 19.9. The number of benzene rings is 1. The van der Waals surface area contributed by atoms with Crippen LogP contribution in [0.15, 0.2) is 24.3 Å². The summed E-state index contributed by atoms with van der Waals surface area (Å²) in [5.74, 6) is -0.237. The summed E-state index contributed by atoms with van der Waals surface area (Å²) < 4.78 is 5.97. The van der Waals surface area contributed by atoms with E-state index in [1.807, 2.05) is 23.5 Å². The van der Waals surface area contributed by atoms with E-state index in [4.69, 9.17) is 21.3 Å². The van der Waals surface area contributed by atoms with Gasteiger partial charge < -0.3 is 9.84 Å². The molecule has 176 valence electrons. The van der Waals surface area contributed by atoms with Crippen LogP contribution in [0.4, 0.5) is 0 Å². The molecule has 0 amide bonds. The van der Waals surface area contributed by atoms with E-state index in [0.717, 1.165) is 42.8 Å². The fraction of sp³-hybridized carbons (Fsp3) is 0.583. The van der Waals surface area contributed by atoms with Gasteiger partial charge in [-0.15, -0.1) is 23.7 Å². The van der Waals surface area contributed by atoms with Crippen molar-refractivity contribution >= 4 is 41.3 Å². The predicted molar refractivity (Wildman–Crippen MR) is 131 cm³/mol. The number of hydrogen-bond acceptors (Lipinski definition) is 5. The molecule has 2 atom stereocenters. The third kappa shape index (κ3) is 6.23. The van der Waals surface area contributed by atoms with E-state index in [2.05, 4.69) is 30.9 Å². The highest BCUT2D eigenvalue weighted by molar-refractivity contribution is 7.11. The van der Waals surface area contributed by atoms with Crippen LogP contribution in [0.25, 0.3) is 0 Å². The van der Waals surface area contributed by atoms with Crippen LogP contribution >= 0.6 is 35.3 Å². The lowest BCUT2D eigenvalue weighted by molar-refractivity contribution is -0.145. The van der Waals surface area contributed by atoms with Gasteiger partial charge in [0.2, 0.25) is 0 Å². The quantitative estimate of drug-likeness (QED) is 0.557. The van der Waals surface area contributed by atoms with Crippen molar-refractivity contribution in [2.45, 2.75) is 76.5 Å². The minimum atomic E-state index is -0.792. The summed E-state index contributed by atoms with van der Waals surface area (Å²) in [7, 11) is 0. The monoisotopic (exact) mass is 498 g/mol.